The van der Waals surface area contributed by atoms with Gasteiger partial charge in [-0.1, -0.05) is 6.07 Å². The molecular weight excluding hydrogens is 216 g/mol. The minimum absolute atomic E-state index is 0.0128. The van der Waals surface area contributed by atoms with Crippen molar-refractivity contribution in [1.29, 1.82) is 0 Å². The predicted molar refractivity (Wildman–Crippen MR) is 65.0 cm³/mol. The van der Waals surface area contributed by atoms with Crippen LogP contribution in [0.2, 0.25) is 0 Å². The Morgan fingerprint density at radius 1 is 1.53 bits per heavy atom. The van der Waals surface area contributed by atoms with Gasteiger partial charge in [-0.3, -0.25) is 4.79 Å². The van der Waals surface area contributed by atoms with Gasteiger partial charge in [0.25, 0.3) is 5.91 Å². The molecule has 4 heteroatoms. The summed E-state index contributed by atoms with van der Waals surface area (Å²) in [6.45, 7) is 1.74. The number of fused-ring (bicyclic) bond motifs is 1. The number of rotatable bonds is 2. The average Bonchev–Trinajstić information content (AvgIpc) is 2.98. The summed E-state index contributed by atoms with van der Waals surface area (Å²) in [6, 6.07) is 5.90. The number of ether oxygens (including phenoxy) is 1. The van der Waals surface area contributed by atoms with Crippen LogP contribution < -0.4 is 15.8 Å². The van der Waals surface area contributed by atoms with Gasteiger partial charge in [-0.15, -0.1) is 0 Å². The van der Waals surface area contributed by atoms with E-state index in [9.17, 15) is 4.79 Å². The number of amides is 1. The lowest BCUT2D eigenvalue weighted by molar-refractivity contribution is -0.122. The molecule has 17 heavy (non-hydrogen) atoms. The van der Waals surface area contributed by atoms with E-state index < -0.39 is 6.10 Å². The summed E-state index contributed by atoms with van der Waals surface area (Å²) in [5, 5.41) is 2.85. The Labute approximate surface area is 100 Å². The van der Waals surface area contributed by atoms with Crippen molar-refractivity contribution in [3.8, 4) is 5.75 Å². The number of hydrogen-bond donors (Lipinski definition) is 2. The molecule has 3 rings (SSSR count). The fraction of sp³-hybridized carbons (Fsp3) is 0.462. The highest BCUT2D eigenvalue weighted by Gasteiger charge is 2.38. The highest BCUT2D eigenvalue weighted by atomic mass is 16.5. The molecule has 3 N–H and O–H groups in total. The zero-order valence-corrected chi connectivity index (χ0v) is 9.82. The molecule has 0 radical (unpaired) electrons. The number of carbonyl (C=O) groups excluding carboxylic acids is 1. The quantitative estimate of drug-likeness (QED) is 0.811. The van der Waals surface area contributed by atoms with E-state index in [1.807, 2.05) is 18.2 Å². The second-order valence-electron chi connectivity index (χ2n) is 5.12. The van der Waals surface area contributed by atoms with E-state index in [4.69, 9.17) is 10.5 Å². The number of nitrogens with two attached hydrogens (primary N) is 1. The van der Waals surface area contributed by atoms with E-state index in [0.717, 1.165) is 36.3 Å². The van der Waals surface area contributed by atoms with E-state index in [-0.39, 0.29) is 11.4 Å². The van der Waals surface area contributed by atoms with Crippen molar-refractivity contribution in [3.63, 3.8) is 0 Å². The molecule has 4 nitrogen and oxygen atoms in total. The number of carbonyl (C=O) groups is 1. The smallest absolute Gasteiger partial charge is 0.265 e. The fourth-order valence-corrected chi connectivity index (χ4v) is 2.11. The maximum absolute atomic E-state index is 11.5. The number of anilines is 1. The van der Waals surface area contributed by atoms with Crippen LogP contribution in [0.5, 0.6) is 5.75 Å². The Morgan fingerprint density at radius 3 is 3.00 bits per heavy atom. The Bertz CT molecular complexity index is 480. The summed E-state index contributed by atoms with van der Waals surface area (Å²) in [6.07, 6.45) is 2.62. The molecule has 0 spiro atoms. The molecule has 1 aliphatic carbocycles. The second kappa shape index (κ2) is 3.47. The molecule has 1 aromatic carbocycles. The van der Waals surface area contributed by atoms with Crippen molar-refractivity contribution in [2.24, 2.45) is 5.73 Å². The van der Waals surface area contributed by atoms with Crippen LogP contribution in [0, 0.1) is 0 Å². The summed E-state index contributed by atoms with van der Waals surface area (Å²) in [5.74, 6) is 0.645. The molecule has 0 saturated heterocycles. The Balaban J connectivity index is 1.86. The Morgan fingerprint density at radius 2 is 2.29 bits per heavy atom. The summed E-state index contributed by atoms with van der Waals surface area (Å²) in [4.78, 5) is 11.5. The van der Waals surface area contributed by atoms with Crippen molar-refractivity contribution in [1.82, 2.24) is 0 Å². The summed E-state index contributed by atoms with van der Waals surface area (Å²) in [5.41, 5.74) is 7.99. The molecule has 90 valence electrons. The van der Waals surface area contributed by atoms with Crippen molar-refractivity contribution in [2.45, 2.75) is 37.8 Å². The maximum Gasteiger partial charge on any atom is 0.265 e. The van der Waals surface area contributed by atoms with Crippen LogP contribution in [0.4, 0.5) is 5.69 Å². The average molecular weight is 232 g/mol. The summed E-state index contributed by atoms with van der Waals surface area (Å²) >= 11 is 0. The third-order valence-electron chi connectivity index (χ3n) is 3.42. The number of hydrogen-bond acceptors (Lipinski definition) is 3. The van der Waals surface area contributed by atoms with Crippen LogP contribution in [0.25, 0.3) is 0 Å². The van der Waals surface area contributed by atoms with Crippen LogP contribution in [0.15, 0.2) is 18.2 Å². The lowest BCUT2D eigenvalue weighted by Crippen LogP contribution is -2.34. The maximum atomic E-state index is 11.5. The first-order valence-corrected chi connectivity index (χ1v) is 5.95. The standard InChI is InChI=1S/C13H16N2O2/c1-8-12(16)15-10-6-9(2-3-11(10)17-8)7-13(14)4-5-13/h2-3,6,8H,4-5,7,14H2,1H3,(H,15,16). The van der Waals surface area contributed by atoms with Crippen molar-refractivity contribution >= 4 is 11.6 Å². The molecule has 1 aromatic rings. The van der Waals surface area contributed by atoms with Gasteiger partial charge in [-0.2, -0.15) is 0 Å². The van der Waals surface area contributed by atoms with Gasteiger partial charge in [-0.25, -0.2) is 0 Å². The fourth-order valence-electron chi connectivity index (χ4n) is 2.11. The van der Waals surface area contributed by atoms with Gasteiger partial charge in [0.2, 0.25) is 0 Å². The van der Waals surface area contributed by atoms with E-state index in [1.165, 1.54) is 0 Å². The monoisotopic (exact) mass is 232 g/mol. The minimum atomic E-state index is -0.419. The third-order valence-corrected chi connectivity index (χ3v) is 3.42. The van der Waals surface area contributed by atoms with E-state index in [2.05, 4.69) is 5.32 Å². The first-order chi connectivity index (χ1) is 8.06. The van der Waals surface area contributed by atoms with Gasteiger partial charge in [0, 0.05) is 5.54 Å². The SMILES string of the molecule is CC1Oc2ccc(CC3(N)CC3)cc2NC1=O. The topological polar surface area (TPSA) is 64.3 Å². The first-order valence-electron chi connectivity index (χ1n) is 5.95. The van der Waals surface area contributed by atoms with Gasteiger partial charge < -0.3 is 15.8 Å². The van der Waals surface area contributed by atoms with Crippen LogP contribution in [-0.4, -0.2) is 17.6 Å². The lowest BCUT2D eigenvalue weighted by atomic mass is 10.0. The van der Waals surface area contributed by atoms with Crippen LogP contribution >= 0.6 is 0 Å². The molecular formula is C13H16N2O2. The largest absolute Gasteiger partial charge is 0.479 e. The number of nitrogens with one attached hydrogen (secondary N) is 1. The molecule has 1 aliphatic heterocycles. The number of benzene rings is 1. The van der Waals surface area contributed by atoms with Gasteiger partial charge in [0.1, 0.15) is 5.75 Å². The van der Waals surface area contributed by atoms with Crippen molar-refractivity contribution < 1.29 is 9.53 Å². The second-order valence-corrected chi connectivity index (χ2v) is 5.12. The van der Waals surface area contributed by atoms with Crippen molar-refractivity contribution in [3.05, 3.63) is 23.8 Å². The molecule has 1 amide bonds. The predicted octanol–water partition coefficient (Wildman–Crippen LogP) is 1.44. The molecule has 1 heterocycles. The zero-order valence-electron chi connectivity index (χ0n) is 9.82. The Kier molecular flexibility index (Phi) is 2.16. The Hall–Kier alpha value is -1.55. The molecule has 0 bridgehead atoms. The molecule has 1 atom stereocenters. The molecule has 0 aromatic heterocycles. The van der Waals surface area contributed by atoms with Crippen LogP contribution in [0.1, 0.15) is 25.3 Å². The van der Waals surface area contributed by atoms with Crippen molar-refractivity contribution in [2.75, 3.05) is 5.32 Å². The van der Waals surface area contributed by atoms with Gasteiger partial charge >= 0.3 is 0 Å². The normalized spacial score (nSPS) is 24.6. The summed E-state index contributed by atoms with van der Waals surface area (Å²) < 4.78 is 5.50. The lowest BCUT2D eigenvalue weighted by Gasteiger charge is -2.24. The highest BCUT2D eigenvalue weighted by molar-refractivity contribution is 5.97. The highest BCUT2D eigenvalue weighted by Crippen LogP contribution is 2.37. The minimum Gasteiger partial charge on any atom is -0.479 e. The first kappa shape index (κ1) is 10.6. The molecule has 2 aliphatic rings. The van der Waals surface area contributed by atoms with Crippen LogP contribution in [-0.2, 0) is 11.2 Å². The molecule has 1 fully saturated rings. The van der Waals surface area contributed by atoms with Gasteiger partial charge in [-0.05, 0) is 43.9 Å². The third kappa shape index (κ3) is 2.00. The van der Waals surface area contributed by atoms with Gasteiger partial charge in [0.15, 0.2) is 6.10 Å². The van der Waals surface area contributed by atoms with Crippen LogP contribution in [0.3, 0.4) is 0 Å². The van der Waals surface area contributed by atoms with E-state index >= 15 is 0 Å². The van der Waals surface area contributed by atoms with E-state index in [0.29, 0.717) is 0 Å². The van der Waals surface area contributed by atoms with E-state index in [1.54, 1.807) is 6.92 Å². The summed E-state index contributed by atoms with van der Waals surface area (Å²) in [7, 11) is 0. The van der Waals surface area contributed by atoms with Gasteiger partial charge in [0.05, 0.1) is 5.69 Å². The zero-order chi connectivity index (χ0) is 12.0. The molecule has 1 saturated carbocycles. The molecule has 1 unspecified atom stereocenters.